The highest BCUT2D eigenvalue weighted by Crippen LogP contribution is 2.29. The van der Waals surface area contributed by atoms with Gasteiger partial charge in [-0.25, -0.2) is 9.79 Å². The van der Waals surface area contributed by atoms with Gasteiger partial charge in [0, 0.05) is 17.7 Å². The fraction of sp³-hybridized carbons (Fsp3) is 0.111. The fourth-order valence-corrected chi connectivity index (χ4v) is 2.35. The van der Waals surface area contributed by atoms with Crippen LogP contribution < -0.4 is 9.47 Å². The minimum atomic E-state index is -0.604. The van der Waals surface area contributed by atoms with Crippen molar-refractivity contribution in [2.45, 2.75) is 0 Å². The first-order valence-corrected chi connectivity index (χ1v) is 7.51. The number of nitro groups is 1. The van der Waals surface area contributed by atoms with Gasteiger partial charge in [0.15, 0.2) is 17.2 Å². The molecule has 0 atom stereocenters. The zero-order chi connectivity index (χ0) is 18.7. The van der Waals surface area contributed by atoms with Gasteiger partial charge in [0.25, 0.3) is 5.69 Å². The van der Waals surface area contributed by atoms with Crippen molar-refractivity contribution in [1.82, 2.24) is 0 Å². The molecule has 26 heavy (non-hydrogen) atoms. The van der Waals surface area contributed by atoms with Crippen LogP contribution in [0.3, 0.4) is 0 Å². The predicted molar refractivity (Wildman–Crippen MR) is 93.2 cm³/mol. The molecule has 8 heteroatoms. The largest absolute Gasteiger partial charge is 0.493 e. The average Bonchev–Trinajstić information content (AvgIpc) is 3.02. The molecule has 2 aromatic rings. The molecule has 0 radical (unpaired) electrons. The second kappa shape index (κ2) is 7.06. The number of aliphatic imine (C=N–C) groups is 1. The van der Waals surface area contributed by atoms with Crippen molar-refractivity contribution in [3.8, 4) is 11.5 Å². The van der Waals surface area contributed by atoms with Gasteiger partial charge >= 0.3 is 5.97 Å². The number of non-ortho nitro benzene ring substituents is 1. The second-order valence-electron chi connectivity index (χ2n) is 5.25. The lowest BCUT2D eigenvalue weighted by Gasteiger charge is -2.08. The van der Waals surface area contributed by atoms with E-state index in [1.807, 2.05) is 0 Å². The van der Waals surface area contributed by atoms with Crippen molar-refractivity contribution in [3.63, 3.8) is 0 Å². The Morgan fingerprint density at radius 1 is 1.08 bits per heavy atom. The van der Waals surface area contributed by atoms with Crippen molar-refractivity contribution in [2.24, 2.45) is 4.99 Å². The molecule has 0 fully saturated rings. The van der Waals surface area contributed by atoms with Crippen LogP contribution in [0.2, 0.25) is 0 Å². The molecule has 1 aliphatic rings. The van der Waals surface area contributed by atoms with Gasteiger partial charge in [-0.2, -0.15) is 0 Å². The summed E-state index contributed by atoms with van der Waals surface area (Å²) < 4.78 is 15.6. The Labute approximate surface area is 148 Å². The molecular weight excluding hydrogens is 340 g/mol. The molecule has 0 unspecified atom stereocenters. The SMILES string of the molecule is COc1ccc(C2=NC(=Cc3ccc([N+](=O)[O-])cc3)C(=O)O2)cc1OC. The third-order valence-corrected chi connectivity index (χ3v) is 3.66. The van der Waals surface area contributed by atoms with Crippen LogP contribution in [0, 0.1) is 10.1 Å². The zero-order valence-corrected chi connectivity index (χ0v) is 14.0. The van der Waals surface area contributed by atoms with Gasteiger partial charge < -0.3 is 14.2 Å². The summed E-state index contributed by atoms with van der Waals surface area (Å²) in [5.41, 5.74) is 1.22. The lowest BCUT2D eigenvalue weighted by molar-refractivity contribution is -0.384. The van der Waals surface area contributed by atoms with E-state index in [1.165, 1.54) is 44.6 Å². The minimum Gasteiger partial charge on any atom is -0.493 e. The quantitative estimate of drug-likeness (QED) is 0.354. The van der Waals surface area contributed by atoms with Crippen LogP contribution in [0.1, 0.15) is 11.1 Å². The van der Waals surface area contributed by atoms with Crippen LogP contribution in [0.5, 0.6) is 11.5 Å². The zero-order valence-electron chi connectivity index (χ0n) is 14.0. The van der Waals surface area contributed by atoms with Crippen molar-refractivity contribution >= 4 is 23.6 Å². The number of carbonyl (C=O) groups is 1. The maximum Gasteiger partial charge on any atom is 0.363 e. The standard InChI is InChI=1S/C18H14N2O6/c1-24-15-8-5-12(10-16(15)25-2)17-19-14(18(21)26-17)9-11-3-6-13(7-4-11)20(22)23/h3-10H,1-2H3. The maximum atomic E-state index is 12.0. The van der Waals surface area contributed by atoms with Gasteiger partial charge in [-0.15, -0.1) is 0 Å². The first kappa shape index (κ1) is 17.2. The number of nitrogens with zero attached hydrogens (tertiary/aromatic N) is 2. The molecular formula is C18H14N2O6. The first-order chi connectivity index (χ1) is 12.5. The summed E-state index contributed by atoms with van der Waals surface area (Å²) in [6.45, 7) is 0. The van der Waals surface area contributed by atoms with Crippen molar-refractivity contribution in [2.75, 3.05) is 14.2 Å². The van der Waals surface area contributed by atoms with Crippen LogP contribution in [0.4, 0.5) is 5.69 Å². The average molecular weight is 354 g/mol. The fourth-order valence-electron chi connectivity index (χ4n) is 2.35. The summed E-state index contributed by atoms with van der Waals surface area (Å²) in [6, 6.07) is 10.8. The number of carbonyl (C=O) groups excluding carboxylic acids is 1. The predicted octanol–water partition coefficient (Wildman–Crippen LogP) is 2.96. The number of rotatable bonds is 5. The van der Waals surface area contributed by atoms with E-state index in [0.29, 0.717) is 22.6 Å². The monoisotopic (exact) mass is 354 g/mol. The molecule has 2 aromatic carbocycles. The molecule has 0 aromatic heterocycles. The van der Waals surface area contributed by atoms with Crippen molar-refractivity contribution < 1.29 is 23.9 Å². The smallest absolute Gasteiger partial charge is 0.363 e. The molecule has 0 spiro atoms. The molecule has 3 rings (SSSR count). The lowest BCUT2D eigenvalue weighted by Crippen LogP contribution is -2.05. The molecule has 8 nitrogen and oxygen atoms in total. The lowest BCUT2D eigenvalue weighted by atomic mass is 10.2. The van der Waals surface area contributed by atoms with Gasteiger partial charge in [-0.3, -0.25) is 10.1 Å². The Hall–Kier alpha value is -3.68. The van der Waals surface area contributed by atoms with E-state index < -0.39 is 10.9 Å². The number of hydrogen-bond acceptors (Lipinski definition) is 7. The number of methoxy groups -OCH3 is 2. The summed E-state index contributed by atoms with van der Waals surface area (Å²) in [4.78, 5) is 26.4. The number of nitro benzene ring substituents is 1. The minimum absolute atomic E-state index is 0.0318. The summed E-state index contributed by atoms with van der Waals surface area (Å²) in [5.74, 6) is 0.566. The first-order valence-electron chi connectivity index (χ1n) is 7.51. The van der Waals surface area contributed by atoms with E-state index in [0.717, 1.165) is 0 Å². The van der Waals surface area contributed by atoms with Gasteiger partial charge in [-0.05, 0) is 42.0 Å². The molecule has 0 saturated carbocycles. The number of benzene rings is 2. The second-order valence-corrected chi connectivity index (χ2v) is 5.25. The van der Waals surface area contributed by atoms with Crippen molar-refractivity contribution in [3.05, 3.63) is 69.4 Å². The Morgan fingerprint density at radius 3 is 2.38 bits per heavy atom. The number of cyclic esters (lactones) is 1. The van der Waals surface area contributed by atoms with E-state index in [9.17, 15) is 14.9 Å². The summed E-state index contributed by atoms with van der Waals surface area (Å²) in [5, 5.41) is 10.7. The van der Waals surface area contributed by atoms with E-state index in [2.05, 4.69) is 4.99 Å². The van der Waals surface area contributed by atoms with Crippen LogP contribution in [-0.4, -0.2) is 31.0 Å². The highest BCUT2D eigenvalue weighted by Gasteiger charge is 2.25. The summed E-state index contributed by atoms with van der Waals surface area (Å²) in [7, 11) is 3.03. The highest BCUT2D eigenvalue weighted by atomic mass is 16.6. The van der Waals surface area contributed by atoms with Gasteiger partial charge in [0.1, 0.15) is 0 Å². The molecule has 1 aliphatic heterocycles. The third-order valence-electron chi connectivity index (χ3n) is 3.66. The summed E-state index contributed by atoms with van der Waals surface area (Å²) >= 11 is 0. The molecule has 0 saturated heterocycles. The molecule has 132 valence electrons. The Balaban J connectivity index is 1.90. The Morgan fingerprint density at radius 2 is 1.77 bits per heavy atom. The molecule has 0 amide bonds. The highest BCUT2D eigenvalue weighted by molar-refractivity contribution is 6.13. The van der Waals surface area contributed by atoms with E-state index >= 15 is 0 Å². The Kier molecular flexibility index (Phi) is 4.66. The summed E-state index contributed by atoms with van der Waals surface area (Å²) in [6.07, 6.45) is 1.50. The molecule has 1 heterocycles. The van der Waals surface area contributed by atoms with Crippen molar-refractivity contribution in [1.29, 1.82) is 0 Å². The topological polar surface area (TPSA) is 100 Å². The third kappa shape index (κ3) is 3.39. The van der Waals surface area contributed by atoms with Crippen LogP contribution in [0.15, 0.2) is 53.2 Å². The van der Waals surface area contributed by atoms with Crippen LogP contribution in [-0.2, 0) is 9.53 Å². The van der Waals surface area contributed by atoms with E-state index in [-0.39, 0.29) is 17.3 Å². The Bertz CT molecular complexity index is 931. The maximum absolute atomic E-state index is 12.0. The number of ether oxygens (including phenoxy) is 3. The van der Waals surface area contributed by atoms with E-state index in [1.54, 1.807) is 18.2 Å². The van der Waals surface area contributed by atoms with Gasteiger partial charge in [0.05, 0.1) is 19.1 Å². The van der Waals surface area contributed by atoms with Gasteiger partial charge in [-0.1, -0.05) is 0 Å². The normalized spacial score (nSPS) is 14.8. The molecule has 0 bridgehead atoms. The molecule has 0 aliphatic carbocycles. The van der Waals surface area contributed by atoms with Crippen LogP contribution in [0.25, 0.3) is 6.08 Å². The molecule has 0 N–H and O–H groups in total. The van der Waals surface area contributed by atoms with E-state index in [4.69, 9.17) is 14.2 Å². The number of esters is 1. The van der Waals surface area contributed by atoms with Gasteiger partial charge in [0.2, 0.25) is 5.90 Å². The van der Waals surface area contributed by atoms with Crippen LogP contribution >= 0.6 is 0 Å². The number of hydrogen-bond donors (Lipinski definition) is 0.